The lowest BCUT2D eigenvalue weighted by atomic mass is 10.2. The first kappa shape index (κ1) is 19.6. The summed E-state index contributed by atoms with van der Waals surface area (Å²) in [5, 5.41) is 18.1. The standard InChI is InChI=1S/C15H19N5O3S.ClH/c1-10(24-12-5-3-11(4-6-12)20(21)22)15-17-14(18-23-15)13-9-16-7-8-19(13)2;/h3-6,10,13,16H,7-9H2,1-2H3;1H. The average molecular weight is 386 g/mol. The van der Waals surface area contributed by atoms with Crippen LogP contribution in [0.15, 0.2) is 33.7 Å². The largest absolute Gasteiger partial charge is 0.338 e. The third-order valence-electron chi connectivity index (χ3n) is 3.97. The number of aromatic nitrogens is 2. The van der Waals surface area contributed by atoms with Crippen molar-refractivity contribution in [1.29, 1.82) is 0 Å². The van der Waals surface area contributed by atoms with Crippen LogP contribution in [0.1, 0.15) is 29.9 Å². The summed E-state index contributed by atoms with van der Waals surface area (Å²) in [7, 11) is 2.05. The van der Waals surface area contributed by atoms with E-state index in [0.29, 0.717) is 11.7 Å². The van der Waals surface area contributed by atoms with Gasteiger partial charge < -0.3 is 9.84 Å². The van der Waals surface area contributed by atoms with Crippen molar-refractivity contribution in [3.8, 4) is 0 Å². The summed E-state index contributed by atoms with van der Waals surface area (Å²) in [5.74, 6) is 1.25. The first-order valence-electron chi connectivity index (χ1n) is 7.70. The highest BCUT2D eigenvalue weighted by atomic mass is 35.5. The summed E-state index contributed by atoms with van der Waals surface area (Å²) in [6, 6.07) is 6.58. The molecule has 0 saturated carbocycles. The second-order valence-electron chi connectivity index (χ2n) is 5.70. The normalized spacial score (nSPS) is 19.2. The topological polar surface area (TPSA) is 97.3 Å². The molecule has 0 bridgehead atoms. The third-order valence-corrected chi connectivity index (χ3v) is 5.07. The van der Waals surface area contributed by atoms with Gasteiger partial charge in [0.05, 0.1) is 16.2 Å². The van der Waals surface area contributed by atoms with Gasteiger partial charge in [-0.1, -0.05) is 5.16 Å². The van der Waals surface area contributed by atoms with Gasteiger partial charge >= 0.3 is 0 Å². The molecule has 25 heavy (non-hydrogen) atoms. The van der Waals surface area contributed by atoms with Crippen LogP contribution in [0.2, 0.25) is 0 Å². The molecule has 1 aliphatic heterocycles. The zero-order chi connectivity index (χ0) is 17.1. The number of rotatable bonds is 5. The molecule has 1 aromatic carbocycles. The zero-order valence-electron chi connectivity index (χ0n) is 13.9. The van der Waals surface area contributed by atoms with E-state index in [1.54, 1.807) is 12.1 Å². The van der Waals surface area contributed by atoms with Crippen molar-refractivity contribution >= 4 is 29.9 Å². The van der Waals surface area contributed by atoms with Gasteiger partial charge in [-0.05, 0) is 26.1 Å². The van der Waals surface area contributed by atoms with Crippen molar-refractivity contribution in [3.05, 3.63) is 46.1 Å². The summed E-state index contributed by atoms with van der Waals surface area (Å²) in [6.45, 7) is 4.69. The summed E-state index contributed by atoms with van der Waals surface area (Å²) in [4.78, 5) is 18.0. The molecule has 0 amide bonds. The number of benzene rings is 1. The van der Waals surface area contributed by atoms with Gasteiger partial charge in [-0.15, -0.1) is 24.2 Å². The number of piperazine rings is 1. The lowest BCUT2D eigenvalue weighted by molar-refractivity contribution is -0.384. The van der Waals surface area contributed by atoms with Crippen molar-refractivity contribution in [2.45, 2.75) is 23.1 Å². The fourth-order valence-electron chi connectivity index (χ4n) is 2.54. The van der Waals surface area contributed by atoms with E-state index in [9.17, 15) is 10.1 Å². The Balaban J connectivity index is 0.00000225. The molecular formula is C15H20ClN5O3S. The second kappa shape index (κ2) is 8.61. The predicted molar refractivity (Wildman–Crippen MR) is 97.2 cm³/mol. The first-order chi connectivity index (χ1) is 11.5. The number of non-ortho nitro benzene ring substituents is 1. The van der Waals surface area contributed by atoms with Gasteiger partial charge in [0, 0.05) is 36.7 Å². The molecule has 1 fully saturated rings. The highest BCUT2D eigenvalue weighted by Crippen LogP contribution is 2.35. The minimum Gasteiger partial charge on any atom is -0.338 e. The summed E-state index contributed by atoms with van der Waals surface area (Å²) < 4.78 is 5.42. The van der Waals surface area contributed by atoms with Crippen LogP contribution >= 0.6 is 24.2 Å². The van der Waals surface area contributed by atoms with Crippen LogP contribution in [0.3, 0.4) is 0 Å². The van der Waals surface area contributed by atoms with Crippen molar-refractivity contribution in [3.63, 3.8) is 0 Å². The fourth-order valence-corrected chi connectivity index (χ4v) is 3.44. The molecule has 0 radical (unpaired) electrons. The molecule has 136 valence electrons. The summed E-state index contributed by atoms with van der Waals surface area (Å²) in [5.41, 5.74) is 0.0833. The van der Waals surface area contributed by atoms with E-state index in [0.717, 1.165) is 24.5 Å². The van der Waals surface area contributed by atoms with Gasteiger partial charge in [0.1, 0.15) is 0 Å². The molecule has 2 heterocycles. The van der Waals surface area contributed by atoms with Crippen molar-refractivity contribution in [1.82, 2.24) is 20.4 Å². The average Bonchev–Trinajstić information content (AvgIpc) is 3.05. The maximum atomic E-state index is 10.7. The molecule has 10 heteroatoms. The van der Waals surface area contributed by atoms with Crippen LogP contribution in [-0.2, 0) is 0 Å². The lowest BCUT2D eigenvalue weighted by Gasteiger charge is -2.30. The number of nitrogens with one attached hydrogen (secondary N) is 1. The van der Waals surface area contributed by atoms with E-state index >= 15 is 0 Å². The highest BCUT2D eigenvalue weighted by molar-refractivity contribution is 7.99. The number of nitro groups is 1. The molecule has 2 unspecified atom stereocenters. The van der Waals surface area contributed by atoms with Crippen LogP contribution < -0.4 is 5.32 Å². The Morgan fingerprint density at radius 1 is 1.44 bits per heavy atom. The second-order valence-corrected chi connectivity index (χ2v) is 7.12. The first-order valence-corrected chi connectivity index (χ1v) is 8.58. The number of halogens is 1. The Morgan fingerprint density at radius 3 is 2.80 bits per heavy atom. The number of nitrogens with zero attached hydrogens (tertiary/aromatic N) is 4. The van der Waals surface area contributed by atoms with E-state index in [-0.39, 0.29) is 29.4 Å². The maximum absolute atomic E-state index is 10.7. The minimum absolute atomic E-state index is 0. The van der Waals surface area contributed by atoms with Crippen molar-refractivity contribution < 1.29 is 9.45 Å². The monoisotopic (exact) mass is 385 g/mol. The van der Waals surface area contributed by atoms with Gasteiger partial charge in [-0.2, -0.15) is 4.98 Å². The van der Waals surface area contributed by atoms with Crippen molar-refractivity contribution in [2.75, 3.05) is 26.7 Å². The smallest absolute Gasteiger partial charge is 0.269 e. The fraction of sp³-hybridized carbons (Fsp3) is 0.467. The summed E-state index contributed by atoms with van der Waals surface area (Å²) >= 11 is 1.53. The molecular weight excluding hydrogens is 366 g/mol. The van der Waals surface area contributed by atoms with Gasteiger partial charge in [-0.3, -0.25) is 15.0 Å². The highest BCUT2D eigenvalue weighted by Gasteiger charge is 2.26. The molecule has 2 aromatic rings. The predicted octanol–water partition coefficient (Wildman–Crippen LogP) is 2.83. The Bertz CT molecular complexity index is 711. The van der Waals surface area contributed by atoms with Crippen LogP contribution in [-0.4, -0.2) is 46.6 Å². The zero-order valence-corrected chi connectivity index (χ0v) is 15.5. The van der Waals surface area contributed by atoms with Crippen molar-refractivity contribution in [2.24, 2.45) is 0 Å². The molecule has 8 nitrogen and oxygen atoms in total. The van der Waals surface area contributed by atoms with Gasteiger partial charge in [0.15, 0.2) is 5.82 Å². The van der Waals surface area contributed by atoms with Gasteiger partial charge in [0.25, 0.3) is 5.69 Å². The Morgan fingerprint density at radius 2 is 2.16 bits per heavy atom. The lowest BCUT2D eigenvalue weighted by Crippen LogP contribution is -2.44. The quantitative estimate of drug-likeness (QED) is 0.476. The SMILES string of the molecule is CC(Sc1ccc([N+](=O)[O-])cc1)c1nc(C2CNCCN2C)no1.Cl. The molecule has 0 spiro atoms. The number of hydrogen-bond acceptors (Lipinski definition) is 8. The van der Waals surface area contributed by atoms with E-state index < -0.39 is 4.92 Å². The van der Waals surface area contributed by atoms with Crippen LogP contribution in [0, 0.1) is 10.1 Å². The minimum atomic E-state index is -0.406. The Kier molecular flexibility index (Phi) is 6.77. The van der Waals surface area contributed by atoms with E-state index in [4.69, 9.17) is 4.52 Å². The third kappa shape index (κ3) is 4.69. The van der Waals surface area contributed by atoms with Crippen LogP contribution in [0.25, 0.3) is 0 Å². The van der Waals surface area contributed by atoms with E-state index in [2.05, 4.69) is 27.4 Å². The number of hydrogen-bond donors (Lipinski definition) is 1. The van der Waals surface area contributed by atoms with E-state index in [1.807, 2.05) is 6.92 Å². The van der Waals surface area contributed by atoms with Gasteiger partial charge in [-0.25, -0.2) is 0 Å². The molecule has 0 aliphatic carbocycles. The number of likely N-dealkylation sites (N-methyl/N-ethyl adjacent to an activating group) is 1. The molecule has 1 aromatic heterocycles. The van der Waals surface area contributed by atoms with Crippen LogP contribution in [0.5, 0.6) is 0 Å². The Hall–Kier alpha value is -1.68. The molecule has 2 atom stereocenters. The molecule has 1 saturated heterocycles. The summed E-state index contributed by atoms with van der Waals surface area (Å²) in [6.07, 6.45) is 0. The van der Waals surface area contributed by atoms with Gasteiger partial charge in [0.2, 0.25) is 5.89 Å². The molecule has 1 N–H and O–H groups in total. The van der Waals surface area contributed by atoms with E-state index in [1.165, 1.54) is 23.9 Å². The van der Waals surface area contributed by atoms with Crippen LogP contribution in [0.4, 0.5) is 5.69 Å². The molecule has 1 aliphatic rings. The number of nitro benzene ring substituents is 1. The molecule has 3 rings (SSSR count). The maximum Gasteiger partial charge on any atom is 0.269 e. The Labute approximate surface area is 155 Å². The number of thioether (sulfide) groups is 1.